The van der Waals surface area contributed by atoms with Crippen molar-refractivity contribution in [3.05, 3.63) is 46.5 Å². The molecule has 0 bridgehead atoms. The van der Waals surface area contributed by atoms with Gasteiger partial charge in [0.2, 0.25) is 0 Å². The van der Waals surface area contributed by atoms with E-state index in [1.54, 1.807) is 18.0 Å². The number of H-pyrrole nitrogens is 2. The minimum atomic E-state index is -0.681. The Bertz CT molecular complexity index is 577. The van der Waals surface area contributed by atoms with Crippen LogP contribution >= 0.6 is 24.0 Å². The second kappa shape index (κ2) is 6.72. The van der Waals surface area contributed by atoms with Gasteiger partial charge in [-0.25, -0.2) is 8.78 Å². The summed E-state index contributed by atoms with van der Waals surface area (Å²) in [6.45, 7) is 0.244. The smallest absolute Gasteiger partial charge is 0.190 e. The van der Waals surface area contributed by atoms with E-state index in [2.05, 4.69) is 9.97 Å². The lowest BCUT2D eigenvalue weighted by molar-refractivity contribution is 0.305. The van der Waals surface area contributed by atoms with Crippen molar-refractivity contribution in [1.82, 2.24) is 9.97 Å². The molecule has 0 amide bonds. The van der Waals surface area contributed by atoms with Crippen molar-refractivity contribution in [2.75, 3.05) is 12.4 Å². The van der Waals surface area contributed by atoms with Crippen molar-refractivity contribution >= 4 is 24.0 Å². The van der Waals surface area contributed by atoms with Crippen LogP contribution in [0.1, 0.15) is 5.69 Å². The number of para-hydroxylation sites is 1. The second-order valence-electron chi connectivity index (χ2n) is 3.72. The van der Waals surface area contributed by atoms with Crippen molar-refractivity contribution in [3.63, 3.8) is 0 Å². The highest BCUT2D eigenvalue weighted by molar-refractivity contribution is 7.98. The number of aromatic nitrogens is 2. The zero-order chi connectivity index (χ0) is 13.7. The molecule has 0 atom stereocenters. The number of thioether (sulfide) groups is 1. The lowest BCUT2D eigenvalue weighted by atomic mass is 10.3. The van der Waals surface area contributed by atoms with Gasteiger partial charge in [-0.15, -0.1) is 0 Å². The Morgan fingerprint density at radius 1 is 1.26 bits per heavy atom. The number of ether oxygens (including phenoxy) is 1. The summed E-state index contributed by atoms with van der Waals surface area (Å²) in [6.07, 6.45) is 1.80. The van der Waals surface area contributed by atoms with E-state index in [0.717, 1.165) is 11.4 Å². The van der Waals surface area contributed by atoms with E-state index in [1.807, 2.05) is 0 Å². The largest absolute Gasteiger partial charge is 0.487 e. The number of imidazole rings is 1. The molecule has 19 heavy (non-hydrogen) atoms. The topological polar surface area (TPSA) is 40.8 Å². The molecule has 1 aromatic heterocycles. The Morgan fingerprint density at radius 3 is 2.63 bits per heavy atom. The number of nitrogens with one attached hydrogen (secondary N) is 2. The fourth-order valence-corrected chi connectivity index (χ4v) is 2.36. The summed E-state index contributed by atoms with van der Waals surface area (Å²) in [5.74, 6) is -0.320. The highest BCUT2D eigenvalue weighted by atomic mass is 32.2. The molecule has 2 N–H and O–H groups in total. The maximum atomic E-state index is 13.2. The van der Waals surface area contributed by atoms with Crippen LogP contribution in [0.5, 0.6) is 5.75 Å². The summed E-state index contributed by atoms with van der Waals surface area (Å²) in [5.41, 5.74) is 0.979. The normalized spacial score (nSPS) is 10.6. The van der Waals surface area contributed by atoms with Crippen LogP contribution < -0.4 is 4.74 Å². The van der Waals surface area contributed by atoms with Crippen molar-refractivity contribution in [2.45, 2.75) is 5.75 Å². The number of aromatic amines is 2. The van der Waals surface area contributed by atoms with Crippen LogP contribution in [-0.4, -0.2) is 22.3 Å². The molecule has 1 heterocycles. The van der Waals surface area contributed by atoms with E-state index >= 15 is 0 Å². The monoisotopic (exact) mass is 302 g/mol. The van der Waals surface area contributed by atoms with Crippen LogP contribution in [0.25, 0.3) is 0 Å². The molecule has 0 fully saturated rings. The number of halogens is 2. The molecule has 0 saturated heterocycles. The first-order valence-corrected chi connectivity index (χ1v) is 7.14. The van der Waals surface area contributed by atoms with Gasteiger partial charge in [0.1, 0.15) is 0 Å². The van der Waals surface area contributed by atoms with Crippen LogP contribution in [-0.2, 0) is 5.75 Å². The predicted octanol–water partition coefficient (Wildman–Crippen LogP) is 3.66. The molecular formula is C12H12F2N2OS2. The summed E-state index contributed by atoms with van der Waals surface area (Å²) in [4.78, 5) is 5.85. The molecule has 0 spiro atoms. The summed E-state index contributed by atoms with van der Waals surface area (Å²) in [7, 11) is 0. The number of hydrogen-bond acceptors (Lipinski definition) is 3. The van der Waals surface area contributed by atoms with Gasteiger partial charge in [-0.05, 0) is 24.4 Å². The van der Waals surface area contributed by atoms with Gasteiger partial charge >= 0.3 is 0 Å². The molecule has 2 rings (SSSR count). The van der Waals surface area contributed by atoms with E-state index < -0.39 is 11.6 Å². The average Bonchev–Trinajstić information content (AvgIpc) is 2.78. The third kappa shape index (κ3) is 4.07. The van der Waals surface area contributed by atoms with E-state index in [0.29, 0.717) is 10.5 Å². The maximum Gasteiger partial charge on any atom is 0.190 e. The highest BCUT2D eigenvalue weighted by Gasteiger charge is 2.08. The lowest BCUT2D eigenvalue weighted by Gasteiger charge is -2.07. The molecule has 3 nitrogen and oxygen atoms in total. The average molecular weight is 302 g/mol. The molecular weight excluding hydrogens is 290 g/mol. The molecule has 1 aromatic carbocycles. The number of hydrogen-bond donors (Lipinski definition) is 2. The van der Waals surface area contributed by atoms with E-state index in [9.17, 15) is 8.78 Å². The van der Waals surface area contributed by atoms with Crippen LogP contribution in [0.4, 0.5) is 8.78 Å². The SMILES string of the molecule is Fc1cccc(F)c1OCCSCc1c[nH]c(=S)[nH]1. The first-order chi connectivity index (χ1) is 9.16. The Labute approximate surface area is 118 Å². The van der Waals surface area contributed by atoms with Gasteiger partial charge in [0.25, 0.3) is 0 Å². The molecule has 2 aromatic rings. The second-order valence-corrected chi connectivity index (χ2v) is 5.23. The van der Waals surface area contributed by atoms with Crippen LogP contribution in [0, 0.1) is 16.4 Å². The Morgan fingerprint density at radius 2 is 2.00 bits per heavy atom. The maximum absolute atomic E-state index is 13.2. The number of rotatable bonds is 6. The van der Waals surface area contributed by atoms with Crippen molar-refractivity contribution in [3.8, 4) is 5.75 Å². The summed E-state index contributed by atoms with van der Waals surface area (Å²) in [6, 6.07) is 3.65. The van der Waals surface area contributed by atoms with E-state index in [4.69, 9.17) is 17.0 Å². The zero-order valence-electron chi connectivity index (χ0n) is 9.91. The Hall–Kier alpha value is -1.34. The Balaban J connectivity index is 1.74. The van der Waals surface area contributed by atoms with Crippen LogP contribution in [0.15, 0.2) is 24.4 Å². The minimum absolute atomic E-state index is 0.244. The fourth-order valence-electron chi connectivity index (χ4n) is 1.45. The Kier molecular flexibility index (Phi) is 4.98. The zero-order valence-corrected chi connectivity index (χ0v) is 11.5. The van der Waals surface area contributed by atoms with Gasteiger partial charge in [-0.3, -0.25) is 0 Å². The molecule has 0 radical (unpaired) electrons. The van der Waals surface area contributed by atoms with Crippen molar-refractivity contribution < 1.29 is 13.5 Å². The molecule has 102 valence electrons. The minimum Gasteiger partial charge on any atom is -0.487 e. The molecule has 0 aliphatic rings. The van der Waals surface area contributed by atoms with Crippen molar-refractivity contribution in [2.24, 2.45) is 0 Å². The van der Waals surface area contributed by atoms with E-state index in [1.165, 1.54) is 18.2 Å². The molecule has 0 aliphatic heterocycles. The van der Waals surface area contributed by atoms with Gasteiger partial charge in [-0.1, -0.05) is 6.07 Å². The molecule has 7 heteroatoms. The van der Waals surface area contributed by atoms with Gasteiger partial charge in [-0.2, -0.15) is 11.8 Å². The summed E-state index contributed by atoms with van der Waals surface area (Å²) in [5, 5.41) is 0. The first-order valence-electron chi connectivity index (χ1n) is 5.58. The van der Waals surface area contributed by atoms with Crippen LogP contribution in [0.3, 0.4) is 0 Å². The predicted molar refractivity (Wildman–Crippen MR) is 74.0 cm³/mol. The fraction of sp³-hybridized carbons (Fsp3) is 0.250. The third-order valence-electron chi connectivity index (χ3n) is 2.30. The van der Waals surface area contributed by atoms with Gasteiger partial charge in [0.15, 0.2) is 22.2 Å². The van der Waals surface area contributed by atoms with Crippen LogP contribution in [0.2, 0.25) is 0 Å². The first kappa shape index (κ1) is 14.1. The standard InChI is InChI=1S/C12H12F2N2OS2/c13-9-2-1-3-10(14)11(9)17-4-5-19-7-8-6-15-12(18)16-8/h1-3,6H,4-5,7H2,(H2,15,16,18). The summed E-state index contributed by atoms with van der Waals surface area (Å²) < 4.78 is 32.2. The molecule has 0 aliphatic carbocycles. The lowest BCUT2D eigenvalue weighted by Crippen LogP contribution is -2.03. The third-order valence-corrected chi connectivity index (χ3v) is 3.49. The quantitative estimate of drug-likeness (QED) is 0.632. The molecule has 0 saturated carbocycles. The van der Waals surface area contributed by atoms with Crippen molar-refractivity contribution in [1.29, 1.82) is 0 Å². The molecule has 0 unspecified atom stereocenters. The van der Waals surface area contributed by atoms with Gasteiger partial charge in [0.05, 0.1) is 6.61 Å². The van der Waals surface area contributed by atoms with Gasteiger partial charge < -0.3 is 14.7 Å². The van der Waals surface area contributed by atoms with Gasteiger partial charge in [0, 0.05) is 23.4 Å². The highest BCUT2D eigenvalue weighted by Crippen LogP contribution is 2.21. The number of benzene rings is 1. The summed E-state index contributed by atoms with van der Waals surface area (Å²) >= 11 is 6.48. The van der Waals surface area contributed by atoms with E-state index in [-0.39, 0.29) is 12.4 Å².